The molecular formula is C24H23NO3. The lowest BCUT2D eigenvalue weighted by atomic mass is 10.0. The fraction of sp³-hybridized carbons (Fsp3) is 0.167. The number of nitrogens with zero attached hydrogens (tertiary/aromatic N) is 1. The summed E-state index contributed by atoms with van der Waals surface area (Å²) < 4.78 is 4.98. The molecule has 0 saturated heterocycles. The van der Waals surface area contributed by atoms with Crippen molar-refractivity contribution in [3.05, 3.63) is 89.5 Å². The number of carbonyl (C=O) groups excluding carboxylic acids is 2. The minimum absolute atomic E-state index is 0.0447. The maximum absolute atomic E-state index is 12.6. The number of hydrogen-bond acceptors (Lipinski definition) is 4. The molecule has 3 aromatic carbocycles. The summed E-state index contributed by atoms with van der Waals surface area (Å²) in [6.07, 6.45) is 0.400. The zero-order valence-corrected chi connectivity index (χ0v) is 16.3. The van der Waals surface area contributed by atoms with Crippen LogP contribution in [0.1, 0.15) is 39.6 Å². The third-order valence-electron chi connectivity index (χ3n) is 4.61. The van der Waals surface area contributed by atoms with Crippen molar-refractivity contribution in [1.82, 2.24) is 0 Å². The summed E-state index contributed by atoms with van der Waals surface area (Å²) in [4.78, 5) is 27.0. The highest BCUT2D eigenvalue weighted by atomic mass is 16.5. The maximum atomic E-state index is 12.6. The van der Waals surface area contributed by atoms with E-state index in [0.717, 1.165) is 16.9 Å². The number of anilines is 3. The van der Waals surface area contributed by atoms with Gasteiger partial charge >= 0.3 is 5.97 Å². The molecular weight excluding hydrogens is 350 g/mol. The Morgan fingerprint density at radius 1 is 0.821 bits per heavy atom. The number of hydrogen-bond donors (Lipinski definition) is 0. The van der Waals surface area contributed by atoms with Crippen molar-refractivity contribution in [3.63, 3.8) is 0 Å². The van der Waals surface area contributed by atoms with Crippen LogP contribution < -0.4 is 4.90 Å². The van der Waals surface area contributed by atoms with Crippen LogP contribution in [0.25, 0.3) is 0 Å². The number of esters is 1. The van der Waals surface area contributed by atoms with E-state index < -0.39 is 5.97 Å². The zero-order chi connectivity index (χ0) is 20.1. The quantitative estimate of drug-likeness (QED) is 0.402. The molecule has 28 heavy (non-hydrogen) atoms. The molecule has 4 heteroatoms. The van der Waals surface area contributed by atoms with Gasteiger partial charge in [-0.2, -0.15) is 0 Å². The summed E-state index contributed by atoms with van der Waals surface area (Å²) in [6, 6.07) is 22.7. The van der Waals surface area contributed by atoms with Gasteiger partial charge in [0.1, 0.15) is 0 Å². The second-order valence-electron chi connectivity index (χ2n) is 6.47. The molecule has 0 heterocycles. The first kappa shape index (κ1) is 19.4. The molecule has 0 fully saturated rings. The van der Waals surface area contributed by atoms with Crippen LogP contribution in [0.4, 0.5) is 17.1 Å². The Labute approximate surface area is 165 Å². The van der Waals surface area contributed by atoms with Crippen LogP contribution in [-0.4, -0.2) is 18.9 Å². The molecule has 142 valence electrons. The Morgan fingerprint density at radius 2 is 1.36 bits per heavy atom. The lowest BCUT2D eigenvalue weighted by molar-refractivity contribution is 0.0601. The van der Waals surface area contributed by atoms with Crippen LogP contribution in [0.2, 0.25) is 0 Å². The van der Waals surface area contributed by atoms with E-state index in [4.69, 9.17) is 4.74 Å². The number of aryl methyl sites for hydroxylation is 1. The van der Waals surface area contributed by atoms with Crippen molar-refractivity contribution in [3.8, 4) is 0 Å². The maximum Gasteiger partial charge on any atom is 0.339 e. The molecule has 0 bridgehead atoms. The van der Waals surface area contributed by atoms with Gasteiger partial charge in [-0.25, -0.2) is 4.79 Å². The Morgan fingerprint density at radius 3 is 1.93 bits per heavy atom. The van der Waals surface area contributed by atoms with E-state index in [1.165, 1.54) is 7.11 Å². The second-order valence-corrected chi connectivity index (χ2v) is 6.47. The minimum Gasteiger partial charge on any atom is -0.465 e. The van der Waals surface area contributed by atoms with Crippen LogP contribution in [-0.2, 0) is 4.74 Å². The average molecular weight is 373 g/mol. The second kappa shape index (κ2) is 8.53. The predicted molar refractivity (Wildman–Crippen MR) is 112 cm³/mol. The first-order valence-corrected chi connectivity index (χ1v) is 9.23. The standard InChI is InChI=1S/C24H23NO3/c1-4-23(26)19-9-5-7-11-21(19)25(18-15-13-17(2)14-16-18)22-12-8-6-10-20(22)24(27)28-3/h5-16H,4H2,1-3H3. The normalized spacial score (nSPS) is 10.4. The first-order valence-electron chi connectivity index (χ1n) is 9.23. The molecule has 3 rings (SSSR count). The molecule has 0 amide bonds. The Kier molecular flexibility index (Phi) is 5.90. The van der Waals surface area contributed by atoms with Gasteiger partial charge in [0.15, 0.2) is 5.78 Å². The number of benzene rings is 3. The van der Waals surface area contributed by atoms with Gasteiger partial charge in [0.2, 0.25) is 0 Å². The van der Waals surface area contributed by atoms with Crippen molar-refractivity contribution < 1.29 is 14.3 Å². The van der Waals surface area contributed by atoms with Crippen LogP contribution in [0.5, 0.6) is 0 Å². The van der Waals surface area contributed by atoms with Gasteiger partial charge in [0, 0.05) is 17.7 Å². The number of para-hydroxylation sites is 2. The SMILES string of the molecule is CCC(=O)c1ccccc1N(c1ccc(C)cc1)c1ccccc1C(=O)OC. The van der Waals surface area contributed by atoms with E-state index in [-0.39, 0.29) is 5.78 Å². The summed E-state index contributed by atoms with van der Waals surface area (Å²) in [5, 5.41) is 0. The molecule has 3 aromatic rings. The molecule has 0 aliphatic heterocycles. The third kappa shape index (κ3) is 3.81. The monoisotopic (exact) mass is 373 g/mol. The van der Waals surface area contributed by atoms with Crippen molar-refractivity contribution in [2.45, 2.75) is 20.3 Å². The first-order chi connectivity index (χ1) is 13.6. The van der Waals surface area contributed by atoms with Gasteiger partial charge in [-0.1, -0.05) is 48.9 Å². The smallest absolute Gasteiger partial charge is 0.339 e. The predicted octanol–water partition coefficient (Wildman–Crippen LogP) is 5.84. The van der Waals surface area contributed by atoms with E-state index in [9.17, 15) is 9.59 Å². The largest absolute Gasteiger partial charge is 0.465 e. The van der Waals surface area contributed by atoms with Crippen LogP contribution in [0, 0.1) is 6.92 Å². The van der Waals surface area contributed by atoms with E-state index in [0.29, 0.717) is 23.2 Å². The molecule has 0 N–H and O–H groups in total. The highest BCUT2D eigenvalue weighted by Crippen LogP contribution is 2.39. The van der Waals surface area contributed by atoms with Crippen LogP contribution in [0.3, 0.4) is 0 Å². The molecule has 0 unspecified atom stereocenters. The van der Waals surface area contributed by atoms with Gasteiger partial charge in [-0.05, 0) is 43.3 Å². The molecule has 4 nitrogen and oxygen atoms in total. The number of Topliss-reactive ketones (excluding diaryl/α,β-unsaturated/α-hetero) is 1. The fourth-order valence-corrected chi connectivity index (χ4v) is 3.15. The zero-order valence-electron chi connectivity index (χ0n) is 16.3. The van der Waals surface area contributed by atoms with Crippen LogP contribution in [0.15, 0.2) is 72.8 Å². The summed E-state index contributed by atoms with van der Waals surface area (Å²) in [5.74, 6) is -0.379. The Balaban J connectivity index is 2.29. The Hall–Kier alpha value is -3.40. The van der Waals surface area contributed by atoms with Gasteiger partial charge in [-0.3, -0.25) is 4.79 Å². The van der Waals surface area contributed by atoms with Crippen molar-refractivity contribution in [2.24, 2.45) is 0 Å². The lowest BCUT2D eigenvalue weighted by Crippen LogP contribution is -2.17. The van der Waals surface area contributed by atoms with Gasteiger partial charge in [0.25, 0.3) is 0 Å². The van der Waals surface area contributed by atoms with Crippen molar-refractivity contribution in [1.29, 1.82) is 0 Å². The van der Waals surface area contributed by atoms with Crippen molar-refractivity contribution in [2.75, 3.05) is 12.0 Å². The van der Waals surface area contributed by atoms with E-state index in [2.05, 4.69) is 0 Å². The van der Waals surface area contributed by atoms with Gasteiger partial charge < -0.3 is 9.64 Å². The van der Waals surface area contributed by atoms with Crippen LogP contribution >= 0.6 is 0 Å². The molecule has 0 spiro atoms. The highest BCUT2D eigenvalue weighted by molar-refractivity contribution is 6.05. The van der Waals surface area contributed by atoms with E-state index >= 15 is 0 Å². The molecule has 0 saturated carbocycles. The molecule has 0 radical (unpaired) electrons. The number of rotatable bonds is 6. The number of methoxy groups -OCH3 is 1. The minimum atomic E-state index is -0.424. The van der Waals surface area contributed by atoms with E-state index in [1.807, 2.05) is 79.4 Å². The topological polar surface area (TPSA) is 46.6 Å². The fourth-order valence-electron chi connectivity index (χ4n) is 3.15. The summed E-state index contributed by atoms with van der Waals surface area (Å²) in [7, 11) is 1.36. The van der Waals surface area contributed by atoms with Gasteiger partial charge in [0.05, 0.1) is 24.0 Å². The highest BCUT2D eigenvalue weighted by Gasteiger charge is 2.23. The molecule has 0 aromatic heterocycles. The summed E-state index contributed by atoms with van der Waals surface area (Å²) in [6.45, 7) is 3.86. The number of ketones is 1. The molecule has 0 atom stereocenters. The molecule has 0 aliphatic rings. The summed E-state index contributed by atoms with van der Waals surface area (Å²) >= 11 is 0. The lowest BCUT2D eigenvalue weighted by Gasteiger charge is -2.28. The summed E-state index contributed by atoms with van der Waals surface area (Å²) in [5.41, 5.74) is 4.43. The third-order valence-corrected chi connectivity index (χ3v) is 4.61. The van der Waals surface area contributed by atoms with E-state index in [1.54, 1.807) is 12.1 Å². The number of ether oxygens (including phenoxy) is 1. The molecule has 0 aliphatic carbocycles. The van der Waals surface area contributed by atoms with Crippen molar-refractivity contribution >= 4 is 28.8 Å². The Bertz CT molecular complexity index is 933. The van der Waals surface area contributed by atoms with Gasteiger partial charge in [-0.15, -0.1) is 0 Å². The average Bonchev–Trinajstić information content (AvgIpc) is 2.75. The number of carbonyl (C=O) groups is 2.